The zero-order valence-corrected chi connectivity index (χ0v) is 27.1. The molecule has 0 aromatic carbocycles. The molecule has 9 nitrogen and oxygen atoms in total. The minimum atomic E-state index is -4.92. The van der Waals surface area contributed by atoms with Gasteiger partial charge >= 0.3 is 18.5 Å². The summed E-state index contributed by atoms with van der Waals surface area (Å²) in [5, 5.41) is 4.68. The summed E-state index contributed by atoms with van der Waals surface area (Å²) in [6, 6.07) is 8.77. The molecule has 1 radical (unpaired) electrons. The number of halogens is 9. The van der Waals surface area contributed by atoms with Crippen LogP contribution in [0.15, 0.2) is 52.5 Å². The van der Waals surface area contributed by atoms with Crippen molar-refractivity contribution in [1.82, 2.24) is 0 Å². The van der Waals surface area contributed by atoms with Crippen LogP contribution in [0.5, 0.6) is 0 Å². The summed E-state index contributed by atoms with van der Waals surface area (Å²) in [6.45, 7) is 0. The van der Waals surface area contributed by atoms with Gasteiger partial charge in [-0.1, -0.05) is 18.2 Å². The zero-order chi connectivity index (χ0) is 32.3. The van der Waals surface area contributed by atoms with Crippen molar-refractivity contribution in [2.75, 3.05) is 0 Å². The Bertz CT molecular complexity index is 1200. The maximum absolute atomic E-state index is 11.8. The monoisotopic (exact) mass is 873 g/mol. The Morgan fingerprint density at radius 1 is 0.457 bits per heavy atom. The number of rotatable bonds is 9. The molecule has 0 fully saturated rings. The van der Waals surface area contributed by atoms with Gasteiger partial charge in [0.25, 0.3) is 0 Å². The van der Waals surface area contributed by atoms with E-state index in [1.54, 1.807) is 16.1 Å². The van der Waals surface area contributed by atoms with Gasteiger partial charge in [0.15, 0.2) is 17.3 Å². The molecule has 0 amide bonds. The predicted octanol–water partition coefficient (Wildman–Crippen LogP) is 4.88. The van der Waals surface area contributed by atoms with Crippen molar-refractivity contribution in [3.8, 4) is 0 Å². The van der Waals surface area contributed by atoms with Crippen LogP contribution in [0, 0.1) is 49.4 Å². The molecule has 0 spiro atoms. The first-order valence-electron chi connectivity index (χ1n) is 10.7. The van der Waals surface area contributed by atoms with Gasteiger partial charge in [-0.3, -0.25) is 28.8 Å². The number of hydrogen-bond donors (Lipinski definition) is 0. The first-order chi connectivity index (χ1) is 19.2. The van der Waals surface area contributed by atoms with E-state index >= 15 is 0 Å². The second-order valence-corrected chi connectivity index (χ2v) is 10.3. The minimum Gasteiger partial charge on any atom is -0.412 e. The van der Waals surface area contributed by atoms with Crippen LogP contribution in [-0.2, 0) is 14.4 Å². The van der Waals surface area contributed by atoms with Crippen molar-refractivity contribution in [2.24, 2.45) is 0 Å². The molecule has 3 rings (SSSR count). The summed E-state index contributed by atoms with van der Waals surface area (Å²) in [5.41, 5.74) is 0. The van der Waals surface area contributed by atoms with E-state index in [4.69, 9.17) is 0 Å². The molecule has 0 atom stereocenters. The number of Topliss-reactive ketones (excluding diaryl/α,β-unsaturated/α-hetero) is 6. The standard InChI is InChI=1S/3C8H5F3O2S.Eu.3H2O/c3*9-8(10,11)7(13)4-5(12)6-2-1-3-14-6;;;;/h3*1-3H,4H2;;3*1H2. The fourth-order valence-electron chi connectivity index (χ4n) is 2.31. The van der Waals surface area contributed by atoms with E-state index in [2.05, 4.69) is 0 Å². The van der Waals surface area contributed by atoms with E-state index < -0.39 is 72.5 Å². The molecule has 259 valence electrons. The Morgan fingerprint density at radius 2 is 0.652 bits per heavy atom. The second kappa shape index (κ2) is 22.5. The van der Waals surface area contributed by atoms with Crippen LogP contribution in [0.4, 0.5) is 39.5 Å². The van der Waals surface area contributed by atoms with Gasteiger partial charge < -0.3 is 16.4 Å². The van der Waals surface area contributed by atoms with Gasteiger partial charge in [0.05, 0.1) is 33.9 Å². The van der Waals surface area contributed by atoms with Crippen molar-refractivity contribution >= 4 is 68.7 Å². The fourth-order valence-corrected chi connectivity index (χ4v) is 4.30. The molecule has 0 aliphatic heterocycles. The molecule has 3 aromatic rings. The van der Waals surface area contributed by atoms with Gasteiger partial charge in [0, 0.05) is 49.4 Å². The van der Waals surface area contributed by atoms with Crippen LogP contribution in [0.1, 0.15) is 48.3 Å². The first kappa shape index (κ1) is 50.8. The largest absolute Gasteiger partial charge is 0.450 e. The quantitative estimate of drug-likeness (QED) is 0.167. The van der Waals surface area contributed by atoms with E-state index in [-0.39, 0.29) is 80.4 Å². The molecular weight excluding hydrogens is 851 g/mol. The van der Waals surface area contributed by atoms with E-state index in [1.165, 1.54) is 36.4 Å². The maximum atomic E-state index is 11.8. The van der Waals surface area contributed by atoms with E-state index in [9.17, 15) is 68.3 Å². The summed E-state index contributed by atoms with van der Waals surface area (Å²) in [6.07, 6.45) is -18.1. The molecule has 46 heavy (non-hydrogen) atoms. The Morgan fingerprint density at radius 3 is 0.783 bits per heavy atom. The molecule has 3 heterocycles. The SMILES string of the molecule is O.O.O.O=C(CC(=O)C(F)(F)F)c1cccs1.O=C(CC(=O)C(F)(F)F)c1cccs1.O=C(CC(=O)C(F)(F)F)c1cccs1.[Eu]. The number of carbonyl (C=O) groups is 6. The molecule has 0 saturated heterocycles. The molecule has 3 aromatic heterocycles. The molecule has 22 heteroatoms. The number of hydrogen-bond acceptors (Lipinski definition) is 9. The smallest absolute Gasteiger partial charge is 0.412 e. The average Bonchev–Trinajstić information content (AvgIpc) is 3.66. The van der Waals surface area contributed by atoms with Crippen molar-refractivity contribution in [3.63, 3.8) is 0 Å². The molecule has 0 aliphatic carbocycles. The van der Waals surface area contributed by atoms with Crippen LogP contribution >= 0.6 is 34.0 Å². The summed E-state index contributed by atoms with van der Waals surface area (Å²) >= 11 is 3.04. The zero-order valence-electron chi connectivity index (χ0n) is 22.3. The van der Waals surface area contributed by atoms with Crippen LogP contribution in [0.3, 0.4) is 0 Å². The van der Waals surface area contributed by atoms with Crippen molar-refractivity contribution in [2.45, 2.75) is 37.8 Å². The Kier molecular flexibility index (Phi) is 24.9. The van der Waals surface area contributed by atoms with Crippen LogP contribution < -0.4 is 0 Å². The first-order valence-corrected chi connectivity index (χ1v) is 13.4. The Hall–Kier alpha value is -2.05. The molecular formula is C24H21EuF9O9S3. The van der Waals surface area contributed by atoms with Gasteiger partial charge in [0.2, 0.25) is 17.3 Å². The number of carbonyl (C=O) groups excluding carboxylic acids is 6. The average molecular weight is 873 g/mol. The summed E-state index contributed by atoms with van der Waals surface area (Å²) in [4.78, 5) is 65.0. The molecule has 6 N–H and O–H groups in total. The van der Waals surface area contributed by atoms with Crippen molar-refractivity contribution in [1.29, 1.82) is 0 Å². The fraction of sp³-hybridized carbons (Fsp3) is 0.250. The van der Waals surface area contributed by atoms with Crippen molar-refractivity contribution < 1.29 is 134 Å². The maximum Gasteiger partial charge on any atom is 0.450 e. The van der Waals surface area contributed by atoms with Crippen LogP contribution in [0.2, 0.25) is 0 Å². The van der Waals surface area contributed by atoms with Crippen LogP contribution in [-0.4, -0.2) is 69.7 Å². The van der Waals surface area contributed by atoms with Crippen molar-refractivity contribution in [3.05, 3.63) is 67.2 Å². The second-order valence-electron chi connectivity index (χ2n) is 7.49. The molecule has 0 unspecified atom stereocenters. The topological polar surface area (TPSA) is 197 Å². The van der Waals surface area contributed by atoms with Gasteiger partial charge in [-0.25, -0.2) is 0 Å². The third-order valence-corrected chi connectivity index (χ3v) is 7.03. The molecule has 0 bridgehead atoms. The van der Waals surface area contributed by atoms with Gasteiger partial charge in [-0.2, -0.15) is 39.5 Å². The number of ketones is 6. The van der Waals surface area contributed by atoms with Gasteiger partial charge in [0.1, 0.15) is 0 Å². The molecule has 0 aliphatic rings. The normalized spacial score (nSPS) is 10.4. The van der Waals surface area contributed by atoms with E-state index in [1.807, 2.05) is 0 Å². The van der Waals surface area contributed by atoms with Crippen LogP contribution in [0.25, 0.3) is 0 Å². The third-order valence-electron chi connectivity index (χ3n) is 4.30. The molecule has 0 saturated carbocycles. The third kappa shape index (κ3) is 18.9. The van der Waals surface area contributed by atoms with E-state index in [0.29, 0.717) is 0 Å². The Balaban J connectivity index is -0.000000276. The Labute approximate surface area is 305 Å². The number of alkyl halides is 9. The summed E-state index contributed by atoms with van der Waals surface area (Å²) in [5.74, 6) is -8.38. The minimum absolute atomic E-state index is 0. The summed E-state index contributed by atoms with van der Waals surface area (Å²) in [7, 11) is 0. The van der Waals surface area contributed by atoms with Gasteiger partial charge in [-0.15, -0.1) is 34.0 Å². The predicted molar refractivity (Wildman–Crippen MR) is 144 cm³/mol. The number of thiophene rings is 3. The van der Waals surface area contributed by atoms with Gasteiger partial charge in [-0.05, 0) is 34.3 Å². The summed E-state index contributed by atoms with van der Waals surface area (Å²) < 4.78 is 106. The van der Waals surface area contributed by atoms with E-state index in [0.717, 1.165) is 34.0 Å².